The van der Waals surface area contributed by atoms with Crippen molar-refractivity contribution in [3.63, 3.8) is 0 Å². The Morgan fingerprint density at radius 3 is 2.77 bits per heavy atom. The second-order valence-electron chi connectivity index (χ2n) is 3.03. The molecule has 1 aromatic carbocycles. The molecular formula is C10H13FIN. The van der Waals surface area contributed by atoms with Gasteiger partial charge in [-0.1, -0.05) is 19.4 Å². The lowest BCUT2D eigenvalue weighted by molar-refractivity contribution is 0.557. The zero-order chi connectivity index (χ0) is 9.84. The number of halogens is 2. The molecule has 1 aromatic rings. The Balaban J connectivity index is 2.98. The first-order chi connectivity index (χ1) is 6.16. The predicted octanol–water partition coefficient (Wildman–Crippen LogP) is 3.23. The summed E-state index contributed by atoms with van der Waals surface area (Å²) in [5.41, 5.74) is 6.52. The van der Waals surface area contributed by atoms with Crippen molar-refractivity contribution in [1.29, 1.82) is 0 Å². The van der Waals surface area contributed by atoms with Crippen LogP contribution >= 0.6 is 22.6 Å². The van der Waals surface area contributed by atoms with Crippen molar-refractivity contribution >= 4 is 22.6 Å². The van der Waals surface area contributed by atoms with E-state index in [-0.39, 0.29) is 11.9 Å². The molecule has 0 heterocycles. The molecule has 0 amide bonds. The second kappa shape index (κ2) is 4.91. The largest absolute Gasteiger partial charge is 0.324 e. The van der Waals surface area contributed by atoms with Crippen LogP contribution in [0, 0.1) is 9.39 Å². The van der Waals surface area contributed by atoms with E-state index in [1.165, 1.54) is 6.07 Å². The highest BCUT2D eigenvalue weighted by Crippen LogP contribution is 2.24. The van der Waals surface area contributed by atoms with E-state index in [9.17, 15) is 4.39 Å². The Bertz CT molecular complexity index is 268. The zero-order valence-corrected chi connectivity index (χ0v) is 9.71. The van der Waals surface area contributed by atoms with E-state index in [0.717, 1.165) is 16.4 Å². The van der Waals surface area contributed by atoms with Crippen LogP contribution in [0.1, 0.15) is 31.4 Å². The highest BCUT2D eigenvalue weighted by atomic mass is 127. The van der Waals surface area contributed by atoms with Crippen LogP contribution in [0.2, 0.25) is 0 Å². The van der Waals surface area contributed by atoms with E-state index < -0.39 is 0 Å². The monoisotopic (exact) mass is 293 g/mol. The topological polar surface area (TPSA) is 26.0 Å². The number of hydrogen-bond donors (Lipinski definition) is 1. The maximum Gasteiger partial charge on any atom is 0.129 e. The molecule has 3 heteroatoms. The number of benzene rings is 1. The number of nitrogens with two attached hydrogens (primary N) is 1. The molecule has 1 atom stereocenters. The van der Waals surface area contributed by atoms with Crippen LogP contribution in [0.3, 0.4) is 0 Å². The fraction of sp³-hybridized carbons (Fsp3) is 0.400. The fourth-order valence-electron chi connectivity index (χ4n) is 1.32. The second-order valence-corrected chi connectivity index (χ2v) is 4.19. The molecule has 0 spiro atoms. The standard InChI is InChI=1S/C10H13FIN/c1-2-4-9(13)10-7(11)5-3-6-8(10)12/h3,5-6,9H,2,4,13H2,1H3. The van der Waals surface area contributed by atoms with Gasteiger partial charge in [0.05, 0.1) is 0 Å². The SMILES string of the molecule is CCCC(N)c1c(F)cccc1I. The third-order valence-electron chi connectivity index (χ3n) is 1.97. The third kappa shape index (κ3) is 2.64. The van der Waals surface area contributed by atoms with Gasteiger partial charge in [0, 0.05) is 15.2 Å². The summed E-state index contributed by atoms with van der Waals surface area (Å²) in [6, 6.07) is 4.89. The molecule has 13 heavy (non-hydrogen) atoms. The molecule has 0 fully saturated rings. The molecular weight excluding hydrogens is 280 g/mol. The molecule has 72 valence electrons. The smallest absolute Gasteiger partial charge is 0.129 e. The molecule has 0 bridgehead atoms. The quantitative estimate of drug-likeness (QED) is 0.851. The van der Waals surface area contributed by atoms with Crippen molar-refractivity contribution in [3.8, 4) is 0 Å². The van der Waals surface area contributed by atoms with E-state index in [2.05, 4.69) is 22.6 Å². The van der Waals surface area contributed by atoms with Gasteiger partial charge in [-0.3, -0.25) is 0 Å². The summed E-state index contributed by atoms with van der Waals surface area (Å²) in [4.78, 5) is 0. The van der Waals surface area contributed by atoms with Gasteiger partial charge in [-0.05, 0) is 41.1 Å². The molecule has 2 N–H and O–H groups in total. The molecule has 1 rings (SSSR count). The maximum absolute atomic E-state index is 13.3. The Labute approximate surface area is 91.7 Å². The first kappa shape index (κ1) is 10.9. The lowest BCUT2D eigenvalue weighted by atomic mass is 10.0. The van der Waals surface area contributed by atoms with E-state index in [4.69, 9.17) is 5.73 Å². The minimum atomic E-state index is -0.187. The van der Waals surface area contributed by atoms with Crippen molar-refractivity contribution in [1.82, 2.24) is 0 Å². The van der Waals surface area contributed by atoms with Gasteiger partial charge in [0.1, 0.15) is 5.82 Å². The molecule has 0 aromatic heterocycles. The number of hydrogen-bond acceptors (Lipinski definition) is 1. The summed E-state index contributed by atoms with van der Waals surface area (Å²) in [7, 11) is 0. The van der Waals surface area contributed by atoms with E-state index in [1.54, 1.807) is 6.07 Å². The average molecular weight is 293 g/mol. The lowest BCUT2D eigenvalue weighted by Gasteiger charge is -2.13. The van der Waals surface area contributed by atoms with Crippen LogP contribution in [0.5, 0.6) is 0 Å². The Morgan fingerprint density at radius 1 is 1.54 bits per heavy atom. The molecule has 0 radical (unpaired) electrons. The Morgan fingerprint density at radius 2 is 2.23 bits per heavy atom. The van der Waals surface area contributed by atoms with Crippen LogP contribution in [-0.2, 0) is 0 Å². The van der Waals surface area contributed by atoms with Gasteiger partial charge in [0.2, 0.25) is 0 Å². The highest BCUT2D eigenvalue weighted by Gasteiger charge is 2.13. The summed E-state index contributed by atoms with van der Waals surface area (Å²) in [5, 5.41) is 0. The van der Waals surface area contributed by atoms with E-state index >= 15 is 0 Å². The Kier molecular flexibility index (Phi) is 4.12. The average Bonchev–Trinajstić information content (AvgIpc) is 2.04. The lowest BCUT2D eigenvalue weighted by Crippen LogP contribution is -2.13. The molecule has 0 saturated carbocycles. The van der Waals surface area contributed by atoms with Gasteiger partial charge in [-0.15, -0.1) is 0 Å². The van der Waals surface area contributed by atoms with Crippen molar-refractivity contribution in [2.24, 2.45) is 5.73 Å². The summed E-state index contributed by atoms with van der Waals surface area (Å²) in [6.07, 6.45) is 1.81. The summed E-state index contributed by atoms with van der Waals surface area (Å²) in [6.45, 7) is 2.05. The van der Waals surface area contributed by atoms with Gasteiger partial charge in [0.25, 0.3) is 0 Å². The molecule has 0 aliphatic heterocycles. The molecule has 0 saturated heterocycles. The van der Waals surface area contributed by atoms with Crippen LogP contribution in [0.4, 0.5) is 4.39 Å². The van der Waals surface area contributed by atoms with Gasteiger partial charge in [-0.25, -0.2) is 4.39 Å². The zero-order valence-electron chi connectivity index (χ0n) is 7.56. The first-order valence-corrected chi connectivity index (χ1v) is 5.44. The summed E-state index contributed by atoms with van der Waals surface area (Å²) >= 11 is 2.12. The molecule has 0 aliphatic carbocycles. The van der Waals surface area contributed by atoms with Crippen molar-refractivity contribution in [3.05, 3.63) is 33.1 Å². The van der Waals surface area contributed by atoms with Crippen molar-refractivity contribution < 1.29 is 4.39 Å². The van der Waals surface area contributed by atoms with Crippen LogP contribution < -0.4 is 5.73 Å². The number of rotatable bonds is 3. The molecule has 1 nitrogen and oxygen atoms in total. The van der Waals surface area contributed by atoms with Crippen molar-refractivity contribution in [2.45, 2.75) is 25.8 Å². The highest BCUT2D eigenvalue weighted by molar-refractivity contribution is 14.1. The van der Waals surface area contributed by atoms with Gasteiger partial charge >= 0.3 is 0 Å². The fourth-order valence-corrected chi connectivity index (χ4v) is 2.19. The van der Waals surface area contributed by atoms with Gasteiger partial charge in [-0.2, -0.15) is 0 Å². The van der Waals surface area contributed by atoms with E-state index in [0.29, 0.717) is 5.56 Å². The predicted molar refractivity (Wildman–Crippen MR) is 61.0 cm³/mol. The minimum Gasteiger partial charge on any atom is -0.324 e. The summed E-state index contributed by atoms with van der Waals surface area (Å²) in [5.74, 6) is -0.187. The van der Waals surface area contributed by atoms with Gasteiger partial charge < -0.3 is 5.73 Å². The first-order valence-electron chi connectivity index (χ1n) is 4.36. The normalized spacial score (nSPS) is 12.9. The minimum absolute atomic E-state index is 0.168. The maximum atomic E-state index is 13.3. The van der Waals surface area contributed by atoms with E-state index in [1.807, 2.05) is 13.0 Å². The summed E-state index contributed by atoms with van der Waals surface area (Å²) < 4.78 is 14.3. The van der Waals surface area contributed by atoms with Crippen molar-refractivity contribution in [2.75, 3.05) is 0 Å². The third-order valence-corrected chi connectivity index (χ3v) is 2.91. The van der Waals surface area contributed by atoms with Crippen LogP contribution in [0.15, 0.2) is 18.2 Å². The molecule has 1 unspecified atom stereocenters. The molecule has 0 aliphatic rings. The van der Waals surface area contributed by atoms with Gasteiger partial charge in [0.15, 0.2) is 0 Å². The Hall–Kier alpha value is -0.160. The van der Waals surface area contributed by atoms with Crippen LogP contribution in [-0.4, -0.2) is 0 Å². The van der Waals surface area contributed by atoms with Crippen LogP contribution in [0.25, 0.3) is 0 Å².